The van der Waals surface area contributed by atoms with Gasteiger partial charge in [-0.3, -0.25) is 0 Å². The molecule has 1 heterocycles. The number of hydrogen-bond acceptors (Lipinski definition) is 3. The van der Waals surface area contributed by atoms with Crippen molar-refractivity contribution >= 4 is 11.0 Å². The Bertz CT molecular complexity index is 527. The molecule has 0 aliphatic carbocycles. The molecule has 0 radical (unpaired) electrons. The summed E-state index contributed by atoms with van der Waals surface area (Å²) in [6.45, 7) is 0. The van der Waals surface area contributed by atoms with Gasteiger partial charge in [0.2, 0.25) is 5.82 Å². The lowest BCUT2D eigenvalue weighted by atomic mass is 10.2. The Hall–Kier alpha value is -2.33. The van der Waals surface area contributed by atoms with E-state index in [2.05, 4.69) is 9.97 Å². The van der Waals surface area contributed by atoms with E-state index < -0.39 is 0 Å². The van der Waals surface area contributed by atoms with Crippen LogP contribution in [0.1, 0.15) is 11.4 Å². The van der Waals surface area contributed by atoms with E-state index in [0.29, 0.717) is 11.1 Å². The molecule has 2 aromatic rings. The highest BCUT2D eigenvalue weighted by atomic mass is 14.9. The van der Waals surface area contributed by atoms with Crippen LogP contribution in [0.3, 0.4) is 0 Å². The van der Waals surface area contributed by atoms with Crippen LogP contribution in [0.2, 0.25) is 0 Å². The predicted molar refractivity (Wildman–Crippen MR) is 45.5 cm³/mol. The monoisotopic (exact) mass is 168 g/mol. The zero-order valence-electron chi connectivity index (χ0n) is 6.57. The van der Waals surface area contributed by atoms with Crippen molar-refractivity contribution < 1.29 is 0 Å². The standard InChI is InChI=1S/C9H4N4/c10-4-6-1-2-7-8(3-6)13-9(5-11)12-7/h1-3H,(H,12,13). The molecule has 1 N–H and O–H groups in total. The van der Waals surface area contributed by atoms with Gasteiger partial charge in [0.1, 0.15) is 6.07 Å². The van der Waals surface area contributed by atoms with E-state index in [9.17, 15) is 0 Å². The van der Waals surface area contributed by atoms with Crippen LogP contribution in [-0.4, -0.2) is 9.97 Å². The molecule has 0 fully saturated rings. The van der Waals surface area contributed by atoms with Crippen LogP contribution in [0.25, 0.3) is 11.0 Å². The number of aromatic amines is 1. The van der Waals surface area contributed by atoms with E-state index in [0.717, 1.165) is 5.52 Å². The lowest BCUT2D eigenvalue weighted by Crippen LogP contribution is -1.73. The first kappa shape index (κ1) is 7.33. The largest absolute Gasteiger partial charge is 0.329 e. The number of nitrogens with one attached hydrogen (secondary N) is 1. The average Bonchev–Trinajstić information content (AvgIpc) is 2.58. The van der Waals surface area contributed by atoms with E-state index in [4.69, 9.17) is 10.5 Å². The Morgan fingerprint density at radius 3 is 2.77 bits per heavy atom. The summed E-state index contributed by atoms with van der Waals surface area (Å²) in [7, 11) is 0. The Kier molecular flexibility index (Phi) is 1.47. The molecule has 13 heavy (non-hydrogen) atoms. The molecule has 4 nitrogen and oxygen atoms in total. The van der Waals surface area contributed by atoms with Gasteiger partial charge >= 0.3 is 0 Å². The van der Waals surface area contributed by atoms with E-state index >= 15 is 0 Å². The fourth-order valence-electron chi connectivity index (χ4n) is 1.13. The summed E-state index contributed by atoms with van der Waals surface area (Å²) in [5, 5.41) is 17.2. The maximum atomic E-state index is 8.61. The van der Waals surface area contributed by atoms with Crippen molar-refractivity contribution in [3.63, 3.8) is 0 Å². The molecule has 0 spiro atoms. The molecule has 1 aromatic carbocycles. The van der Waals surface area contributed by atoms with Crippen LogP contribution < -0.4 is 0 Å². The van der Waals surface area contributed by atoms with Gasteiger partial charge in [0.15, 0.2) is 0 Å². The first-order valence-electron chi connectivity index (χ1n) is 3.63. The number of H-pyrrole nitrogens is 1. The molecule has 0 aliphatic heterocycles. The fraction of sp³-hybridized carbons (Fsp3) is 0. The summed E-state index contributed by atoms with van der Waals surface area (Å²) in [5.41, 5.74) is 1.98. The van der Waals surface area contributed by atoms with Crippen molar-refractivity contribution in [3.8, 4) is 12.1 Å². The zero-order valence-corrected chi connectivity index (χ0v) is 6.57. The normalized spacial score (nSPS) is 9.38. The molecule has 60 valence electrons. The number of nitrogens with zero attached hydrogens (tertiary/aromatic N) is 3. The van der Waals surface area contributed by atoms with Gasteiger partial charge in [0.05, 0.1) is 22.7 Å². The molecule has 0 unspecified atom stereocenters. The SMILES string of the molecule is N#Cc1ccc2nc(C#N)[nH]c2c1. The summed E-state index contributed by atoms with van der Waals surface area (Å²) < 4.78 is 0. The molecule has 0 aliphatic rings. The third kappa shape index (κ3) is 1.11. The summed E-state index contributed by atoms with van der Waals surface area (Å²) >= 11 is 0. The van der Waals surface area contributed by atoms with Gasteiger partial charge in [-0.15, -0.1) is 0 Å². The third-order valence-electron chi connectivity index (χ3n) is 1.72. The van der Waals surface area contributed by atoms with Crippen molar-refractivity contribution in [1.29, 1.82) is 10.5 Å². The van der Waals surface area contributed by atoms with E-state index in [1.54, 1.807) is 18.2 Å². The molecule has 0 saturated heterocycles. The van der Waals surface area contributed by atoms with Crippen LogP contribution >= 0.6 is 0 Å². The van der Waals surface area contributed by atoms with Crippen molar-refractivity contribution in [2.75, 3.05) is 0 Å². The maximum absolute atomic E-state index is 8.61. The van der Waals surface area contributed by atoms with Gasteiger partial charge in [-0.1, -0.05) is 0 Å². The topological polar surface area (TPSA) is 76.3 Å². The van der Waals surface area contributed by atoms with Crippen LogP contribution in [0.4, 0.5) is 0 Å². The highest BCUT2D eigenvalue weighted by Crippen LogP contribution is 2.12. The van der Waals surface area contributed by atoms with Gasteiger partial charge in [0.25, 0.3) is 0 Å². The molecular formula is C9H4N4. The molecule has 0 bridgehead atoms. The molecule has 4 heteroatoms. The number of hydrogen-bond donors (Lipinski definition) is 1. The highest BCUT2D eigenvalue weighted by Gasteiger charge is 2.01. The van der Waals surface area contributed by atoms with Crippen molar-refractivity contribution in [2.45, 2.75) is 0 Å². The van der Waals surface area contributed by atoms with Crippen molar-refractivity contribution in [3.05, 3.63) is 29.6 Å². The first-order valence-corrected chi connectivity index (χ1v) is 3.63. The number of aromatic nitrogens is 2. The van der Waals surface area contributed by atoms with E-state index in [1.165, 1.54) is 0 Å². The third-order valence-corrected chi connectivity index (χ3v) is 1.72. The smallest absolute Gasteiger partial charge is 0.211 e. The van der Waals surface area contributed by atoms with E-state index in [-0.39, 0.29) is 5.82 Å². The predicted octanol–water partition coefficient (Wildman–Crippen LogP) is 1.31. The molecule has 0 saturated carbocycles. The first-order chi connectivity index (χ1) is 6.33. The number of rotatable bonds is 0. The number of benzene rings is 1. The van der Waals surface area contributed by atoms with Crippen LogP contribution in [-0.2, 0) is 0 Å². The second-order valence-electron chi connectivity index (χ2n) is 2.54. The highest BCUT2D eigenvalue weighted by molar-refractivity contribution is 5.77. The minimum absolute atomic E-state index is 0.269. The molecular weight excluding hydrogens is 164 g/mol. The second kappa shape index (κ2) is 2.62. The minimum Gasteiger partial charge on any atom is -0.329 e. The average molecular weight is 168 g/mol. The second-order valence-corrected chi connectivity index (χ2v) is 2.54. The minimum atomic E-state index is 0.269. The maximum Gasteiger partial charge on any atom is 0.211 e. The quantitative estimate of drug-likeness (QED) is 0.644. The van der Waals surface area contributed by atoms with Crippen molar-refractivity contribution in [2.24, 2.45) is 0 Å². The summed E-state index contributed by atoms with van der Waals surface area (Å²) in [5.74, 6) is 0.269. The molecule has 0 amide bonds. The lowest BCUT2D eigenvalue weighted by Gasteiger charge is -1.86. The molecule has 0 atom stereocenters. The van der Waals surface area contributed by atoms with Gasteiger partial charge in [0, 0.05) is 0 Å². The van der Waals surface area contributed by atoms with Gasteiger partial charge < -0.3 is 4.98 Å². The number of imidazole rings is 1. The van der Waals surface area contributed by atoms with Gasteiger partial charge in [-0.05, 0) is 18.2 Å². The summed E-state index contributed by atoms with van der Waals surface area (Å²) in [4.78, 5) is 6.78. The summed E-state index contributed by atoms with van der Waals surface area (Å²) in [6.07, 6.45) is 0. The Morgan fingerprint density at radius 2 is 2.08 bits per heavy atom. The van der Waals surface area contributed by atoms with Crippen LogP contribution in [0.15, 0.2) is 18.2 Å². The Morgan fingerprint density at radius 1 is 1.23 bits per heavy atom. The Balaban J connectivity index is 2.74. The van der Waals surface area contributed by atoms with E-state index in [1.807, 2.05) is 12.1 Å². The Labute approximate surface area is 74.1 Å². The van der Waals surface area contributed by atoms with Crippen LogP contribution in [0.5, 0.6) is 0 Å². The van der Waals surface area contributed by atoms with Gasteiger partial charge in [-0.2, -0.15) is 10.5 Å². The van der Waals surface area contributed by atoms with Crippen molar-refractivity contribution in [1.82, 2.24) is 9.97 Å². The van der Waals surface area contributed by atoms with Crippen LogP contribution in [0, 0.1) is 22.7 Å². The number of fused-ring (bicyclic) bond motifs is 1. The molecule has 2 rings (SSSR count). The lowest BCUT2D eigenvalue weighted by molar-refractivity contribution is 1.25. The summed E-state index contributed by atoms with van der Waals surface area (Å²) in [6, 6.07) is 8.97. The zero-order chi connectivity index (χ0) is 9.26. The van der Waals surface area contributed by atoms with Gasteiger partial charge in [-0.25, -0.2) is 4.98 Å². The number of nitriles is 2. The fourth-order valence-corrected chi connectivity index (χ4v) is 1.13. The molecule has 1 aromatic heterocycles.